The number of sulfonamides is 1. The Bertz CT molecular complexity index is 809. The van der Waals surface area contributed by atoms with Gasteiger partial charge in [0.25, 0.3) is 0 Å². The van der Waals surface area contributed by atoms with Crippen LogP contribution in [0.5, 0.6) is 0 Å². The highest BCUT2D eigenvalue weighted by Gasteiger charge is 2.34. The summed E-state index contributed by atoms with van der Waals surface area (Å²) in [5.41, 5.74) is 0.701. The molecule has 1 fully saturated rings. The van der Waals surface area contributed by atoms with E-state index in [0.29, 0.717) is 11.4 Å². The molecule has 0 bridgehead atoms. The van der Waals surface area contributed by atoms with Crippen molar-refractivity contribution in [3.8, 4) is 0 Å². The van der Waals surface area contributed by atoms with E-state index in [2.05, 4.69) is 30.5 Å². The number of nitrogens with zero attached hydrogens (tertiary/aromatic N) is 1. The molecule has 0 radical (unpaired) electrons. The molecule has 124 valence electrons. The highest BCUT2D eigenvalue weighted by atomic mass is 32.2. The van der Waals surface area contributed by atoms with Crippen LogP contribution in [-0.2, 0) is 10.0 Å². The number of para-hydroxylation sites is 1. The zero-order valence-electron chi connectivity index (χ0n) is 13.9. The first-order chi connectivity index (χ1) is 10.8. The third-order valence-electron chi connectivity index (χ3n) is 4.59. The number of hydrogen-bond donors (Lipinski definition) is 1. The molecule has 1 aliphatic carbocycles. The Labute approximate surface area is 138 Å². The highest BCUT2D eigenvalue weighted by molar-refractivity contribution is 7.89. The first kappa shape index (κ1) is 16.4. The summed E-state index contributed by atoms with van der Waals surface area (Å²) < 4.78 is 28.7. The highest BCUT2D eigenvalue weighted by Crippen LogP contribution is 2.39. The van der Waals surface area contributed by atoms with Gasteiger partial charge in [-0.3, -0.25) is 4.98 Å². The molecule has 0 aliphatic heterocycles. The second-order valence-corrected chi connectivity index (χ2v) is 9.25. The van der Waals surface area contributed by atoms with Gasteiger partial charge in [-0.1, -0.05) is 39.0 Å². The molecule has 2 unspecified atom stereocenters. The molecule has 0 saturated heterocycles. The van der Waals surface area contributed by atoms with E-state index in [1.165, 1.54) is 0 Å². The molecule has 1 N–H and O–H groups in total. The van der Waals surface area contributed by atoms with Gasteiger partial charge in [0.05, 0.1) is 5.52 Å². The summed E-state index contributed by atoms with van der Waals surface area (Å²) in [6.45, 7) is 6.62. The second-order valence-electron chi connectivity index (χ2n) is 7.56. The predicted molar refractivity (Wildman–Crippen MR) is 92.6 cm³/mol. The maximum atomic E-state index is 12.9. The number of benzene rings is 1. The van der Waals surface area contributed by atoms with E-state index in [0.717, 1.165) is 24.6 Å². The van der Waals surface area contributed by atoms with Gasteiger partial charge in [0.2, 0.25) is 10.0 Å². The summed E-state index contributed by atoms with van der Waals surface area (Å²) in [6, 6.07) is 8.97. The van der Waals surface area contributed by atoms with Crippen molar-refractivity contribution in [2.45, 2.75) is 51.0 Å². The minimum absolute atomic E-state index is 0.0160. The van der Waals surface area contributed by atoms with Crippen LogP contribution >= 0.6 is 0 Å². The SMILES string of the molecule is CC1CC(NS(=O)(=O)c2cccc3cccnc23)CC(C)(C)C1. The van der Waals surface area contributed by atoms with Gasteiger partial charge in [-0.05, 0) is 42.7 Å². The van der Waals surface area contributed by atoms with Crippen LogP contribution in [0.1, 0.15) is 40.0 Å². The van der Waals surface area contributed by atoms with Crippen molar-refractivity contribution in [1.29, 1.82) is 0 Å². The summed E-state index contributed by atoms with van der Waals surface area (Å²) in [4.78, 5) is 4.53. The first-order valence-electron chi connectivity index (χ1n) is 8.13. The lowest BCUT2D eigenvalue weighted by Gasteiger charge is -2.39. The van der Waals surface area contributed by atoms with E-state index in [9.17, 15) is 8.42 Å². The summed E-state index contributed by atoms with van der Waals surface area (Å²) in [5, 5.41) is 0.840. The first-order valence-corrected chi connectivity index (χ1v) is 9.61. The zero-order valence-corrected chi connectivity index (χ0v) is 14.7. The van der Waals surface area contributed by atoms with Gasteiger partial charge in [0.1, 0.15) is 4.90 Å². The van der Waals surface area contributed by atoms with Crippen molar-refractivity contribution < 1.29 is 8.42 Å². The Morgan fingerprint density at radius 1 is 1.17 bits per heavy atom. The zero-order chi connectivity index (χ0) is 16.7. The smallest absolute Gasteiger partial charge is 0.242 e. The van der Waals surface area contributed by atoms with Gasteiger partial charge in [-0.25, -0.2) is 13.1 Å². The number of fused-ring (bicyclic) bond motifs is 1. The molecule has 1 saturated carbocycles. The number of aromatic nitrogens is 1. The van der Waals surface area contributed by atoms with E-state index < -0.39 is 10.0 Å². The topological polar surface area (TPSA) is 59.1 Å². The van der Waals surface area contributed by atoms with Crippen molar-refractivity contribution in [2.24, 2.45) is 11.3 Å². The predicted octanol–water partition coefficient (Wildman–Crippen LogP) is 3.73. The molecule has 2 atom stereocenters. The van der Waals surface area contributed by atoms with Gasteiger partial charge in [0, 0.05) is 17.6 Å². The van der Waals surface area contributed by atoms with Crippen LogP contribution in [-0.4, -0.2) is 19.4 Å². The van der Waals surface area contributed by atoms with Crippen LogP contribution < -0.4 is 4.72 Å². The van der Waals surface area contributed by atoms with E-state index in [1.807, 2.05) is 18.2 Å². The Balaban J connectivity index is 1.92. The lowest BCUT2D eigenvalue weighted by atomic mass is 9.71. The van der Waals surface area contributed by atoms with E-state index in [-0.39, 0.29) is 16.4 Å². The molecule has 0 spiro atoms. The van der Waals surface area contributed by atoms with E-state index in [1.54, 1.807) is 18.3 Å². The summed E-state index contributed by atoms with van der Waals surface area (Å²) >= 11 is 0. The number of nitrogens with one attached hydrogen (secondary N) is 1. The fourth-order valence-electron chi connectivity index (χ4n) is 4.01. The van der Waals surface area contributed by atoms with E-state index in [4.69, 9.17) is 0 Å². The molecular weight excluding hydrogens is 308 g/mol. The second kappa shape index (κ2) is 5.87. The van der Waals surface area contributed by atoms with Crippen molar-refractivity contribution in [2.75, 3.05) is 0 Å². The fraction of sp³-hybridized carbons (Fsp3) is 0.500. The molecule has 0 amide bonds. The van der Waals surface area contributed by atoms with Gasteiger partial charge in [-0.15, -0.1) is 0 Å². The Morgan fingerprint density at radius 3 is 2.65 bits per heavy atom. The quantitative estimate of drug-likeness (QED) is 0.932. The molecule has 23 heavy (non-hydrogen) atoms. The Hall–Kier alpha value is -1.46. The van der Waals surface area contributed by atoms with Crippen molar-refractivity contribution in [3.63, 3.8) is 0 Å². The molecular formula is C18H24N2O2S. The summed E-state index contributed by atoms with van der Waals surface area (Å²) in [5.74, 6) is 0.525. The molecule has 5 heteroatoms. The fourth-order valence-corrected chi connectivity index (χ4v) is 5.44. The molecule has 1 aromatic carbocycles. The van der Waals surface area contributed by atoms with Crippen LogP contribution in [0, 0.1) is 11.3 Å². The molecule has 2 aromatic rings. The third kappa shape index (κ3) is 3.56. The van der Waals surface area contributed by atoms with Crippen LogP contribution in [0.2, 0.25) is 0 Å². The molecule has 1 aliphatic rings. The normalized spacial score (nSPS) is 24.7. The van der Waals surface area contributed by atoms with Crippen LogP contribution in [0.3, 0.4) is 0 Å². The van der Waals surface area contributed by atoms with Gasteiger partial charge in [-0.2, -0.15) is 0 Å². The molecule has 4 nitrogen and oxygen atoms in total. The summed E-state index contributed by atoms with van der Waals surface area (Å²) in [6.07, 6.45) is 4.53. The van der Waals surface area contributed by atoms with Crippen LogP contribution in [0.15, 0.2) is 41.4 Å². The molecule has 1 heterocycles. The maximum absolute atomic E-state index is 12.9. The maximum Gasteiger partial charge on any atom is 0.242 e. The largest absolute Gasteiger partial charge is 0.255 e. The number of pyridine rings is 1. The molecule has 1 aromatic heterocycles. The summed E-state index contributed by atoms with van der Waals surface area (Å²) in [7, 11) is -3.57. The van der Waals surface area contributed by atoms with Crippen molar-refractivity contribution in [3.05, 3.63) is 36.5 Å². The van der Waals surface area contributed by atoms with Crippen LogP contribution in [0.4, 0.5) is 0 Å². The minimum Gasteiger partial charge on any atom is -0.255 e. The van der Waals surface area contributed by atoms with Gasteiger partial charge < -0.3 is 0 Å². The number of rotatable bonds is 3. The third-order valence-corrected chi connectivity index (χ3v) is 6.15. The Morgan fingerprint density at radius 2 is 1.91 bits per heavy atom. The average molecular weight is 332 g/mol. The van der Waals surface area contributed by atoms with Crippen molar-refractivity contribution >= 4 is 20.9 Å². The lowest BCUT2D eigenvalue weighted by molar-refractivity contribution is 0.163. The van der Waals surface area contributed by atoms with Gasteiger partial charge >= 0.3 is 0 Å². The van der Waals surface area contributed by atoms with E-state index >= 15 is 0 Å². The Kier molecular flexibility index (Phi) is 4.19. The minimum atomic E-state index is -3.57. The standard InChI is InChI=1S/C18H24N2O2S/c1-13-10-15(12-18(2,3)11-13)20-23(21,22)16-8-4-6-14-7-5-9-19-17(14)16/h4-9,13,15,20H,10-12H2,1-3H3. The van der Waals surface area contributed by atoms with Gasteiger partial charge in [0.15, 0.2) is 0 Å². The van der Waals surface area contributed by atoms with Crippen molar-refractivity contribution in [1.82, 2.24) is 9.71 Å². The number of hydrogen-bond acceptors (Lipinski definition) is 3. The lowest BCUT2D eigenvalue weighted by Crippen LogP contribution is -2.42. The monoisotopic (exact) mass is 332 g/mol. The average Bonchev–Trinajstić information content (AvgIpc) is 2.43. The molecule has 3 rings (SSSR count). The van der Waals surface area contributed by atoms with Crippen LogP contribution in [0.25, 0.3) is 10.9 Å².